The highest BCUT2D eigenvalue weighted by Gasteiger charge is 2.47. The van der Waals surface area contributed by atoms with Gasteiger partial charge in [-0.15, -0.1) is 0 Å². The molecule has 21 heavy (non-hydrogen) atoms. The number of nitrogens with zero attached hydrogens (tertiary/aromatic N) is 1. The zero-order valence-corrected chi connectivity index (χ0v) is 12.7. The van der Waals surface area contributed by atoms with Crippen molar-refractivity contribution in [3.8, 4) is 0 Å². The molecule has 1 nitrogen and oxygen atoms in total. The molecule has 1 unspecified atom stereocenters. The minimum Gasteiger partial charge on any atom is -0.356 e. The molecule has 1 aliphatic heterocycles. The maximum absolute atomic E-state index is 13.6. The van der Waals surface area contributed by atoms with Crippen molar-refractivity contribution in [3.05, 3.63) is 64.1 Å². The van der Waals surface area contributed by atoms with Crippen LogP contribution in [-0.4, -0.2) is 12.7 Å². The Labute approximate surface area is 129 Å². The van der Waals surface area contributed by atoms with E-state index in [1.807, 2.05) is 0 Å². The number of hydrogen-bond acceptors (Lipinski definition) is 1. The predicted molar refractivity (Wildman–Crippen MR) is 80.4 cm³/mol. The summed E-state index contributed by atoms with van der Waals surface area (Å²) < 4.78 is 41.6. The van der Waals surface area contributed by atoms with E-state index >= 15 is 0 Å². The van der Waals surface area contributed by atoms with Gasteiger partial charge in [0.15, 0.2) is 6.04 Å². The quantitative estimate of drug-likeness (QED) is 0.686. The Morgan fingerprint density at radius 3 is 2.43 bits per heavy atom. The normalized spacial score (nSPS) is 18.5. The highest BCUT2D eigenvalue weighted by molar-refractivity contribution is 9.10. The molecule has 1 atom stereocenters. The third-order valence-corrected chi connectivity index (χ3v) is 4.23. The van der Waals surface area contributed by atoms with Crippen LogP contribution in [0.25, 0.3) is 0 Å². The standard InChI is InChI=1S/C16H13BrF3N/c17-12-7-6-11-8-9-21(13-4-2-1-3-5-13)15(14(11)10-12)16(18,19)20/h1-7,10,15H,8-9H2. The number of halogens is 4. The average Bonchev–Trinajstić information content (AvgIpc) is 2.45. The molecule has 2 aromatic carbocycles. The van der Waals surface area contributed by atoms with Crippen LogP contribution in [0.1, 0.15) is 17.2 Å². The van der Waals surface area contributed by atoms with Crippen molar-refractivity contribution in [1.29, 1.82) is 0 Å². The molecule has 0 aromatic heterocycles. The lowest BCUT2D eigenvalue weighted by atomic mass is 9.91. The van der Waals surface area contributed by atoms with Crippen LogP contribution in [-0.2, 0) is 6.42 Å². The number of hydrogen-bond donors (Lipinski definition) is 0. The maximum atomic E-state index is 13.6. The van der Waals surface area contributed by atoms with E-state index in [1.165, 1.54) is 4.90 Å². The molecule has 0 bridgehead atoms. The number of rotatable bonds is 1. The number of anilines is 1. The Bertz CT molecular complexity index is 640. The van der Waals surface area contributed by atoms with Gasteiger partial charge in [-0.3, -0.25) is 0 Å². The van der Waals surface area contributed by atoms with Gasteiger partial charge in [-0.1, -0.05) is 40.2 Å². The Morgan fingerprint density at radius 2 is 1.76 bits per heavy atom. The van der Waals surface area contributed by atoms with E-state index < -0.39 is 12.2 Å². The molecule has 110 valence electrons. The van der Waals surface area contributed by atoms with Gasteiger partial charge in [0, 0.05) is 16.7 Å². The van der Waals surface area contributed by atoms with E-state index in [9.17, 15) is 13.2 Å². The van der Waals surface area contributed by atoms with Crippen LogP contribution in [0.4, 0.5) is 18.9 Å². The largest absolute Gasteiger partial charge is 0.413 e. The van der Waals surface area contributed by atoms with Crippen LogP contribution in [0.2, 0.25) is 0 Å². The minimum atomic E-state index is -4.31. The van der Waals surface area contributed by atoms with Crippen LogP contribution in [0.15, 0.2) is 53.0 Å². The third kappa shape index (κ3) is 2.79. The molecule has 5 heteroatoms. The van der Waals surface area contributed by atoms with Gasteiger partial charge in [0.1, 0.15) is 0 Å². The second-order valence-corrected chi connectivity index (χ2v) is 5.98. The molecule has 0 saturated heterocycles. The van der Waals surface area contributed by atoms with Gasteiger partial charge in [0.25, 0.3) is 0 Å². The molecule has 0 N–H and O–H groups in total. The Morgan fingerprint density at radius 1 is 1.05 bits per heavy atom. The van der Waals surface area contributed by atoms with Crippen molar-refractivity contribution in [2.45, 2.75) is 18.6 Å². The van der Waals surface area contributed by atoms with Crippen molar-refractivity contribution in [2.24, 2.45) is 0 Å². The van der Waals surface area contributed by atoms with Crippen LogP contribution in [0, 0.1) is 0 Å². The summed E-state index contributed by atoms with van der Waals surface area (Å²) in [6.07, 6.45) is -3.70. The molecule has 2 aromatic rings. The maximum Gasteiger partial charge on any atom is 0.413 e. The molecule has 0 spiro atoms. The summed E-state index contributed by atoms with van der Waals surface area (Å²) in [5.74, 6) is 0. The summed E-state index contributed by atoms with van der Waals surface area (Å²) in [7, 11) is 0. The summed E-state index contributed by atoms with van der Waals surface area (Å²) in [6, 6.07) is 12.3. The molecule has 0 fully saturated rings. The van der Waals surface area contributed by atoms with Gasteiger partial charge in [0.2, 0.25) is 0 Å². The Hall–Kier alpha value is -1.49. The first-order chi connectivity index (χ1) is 9.97. The first-order valence-corrected chi connectivity index (χ1v) is 7.43. The van der Waals surface area contributed by atoms with Gasteiger partial charge < -0.3 is 4.90 Å². The zero-order chi connectivity index (χ0) is 15.0. The number of benzene rings is 2. The molecule has 0 aliphatic carbocycles. The van der Waals surface area contributed by atoms with Crippen LogP contribution >= 0.6 is 15.9 Å². The van der Waals surface area contributed by atoms with E-state index in [0.29, 0.717) is 28.7 Å². The third-order valence-electron chi connectivity index (χ3n) is 3.73. The summed E-state index contributed by atoms with van der Waals surface area (Å²) in [5, 5.41) is 0. The van der Waals surface area contributed by atoms with Crippen molar-refractivity contribution in [1.82, 2.24) is 0 Å². The fourth-order valence-corrected chi connectivity index (χ4v) is 3.22. The summed E-state index contributed by atoms with van der Waals surface area (Å²) >= 11 is 3.27. The highest BCUT2D eigenvalue weighted by atomic mass is 79.9. The average molecular weight is 356 g/mol. The lowest BCUT2D eigenvalue weighted by molar-refractivity contribution is -0.151. The second kappa shape index (κ2) is 5.37. The van der Waals surface area contributed by atoms with Gasteiger partial charge in [-0.25, -0.2) is 0 Å². The molecule has 0 radical (unpaired) electrons. The molecule has 3 rings (SSSR count). The predicted octanol–water partition coefficient (Wildman–Crippen LogP) is 5.12. The van der Waals surface area contributed by atoms with Crippen molar-refractivity contribution >= 4 is 21.6 Å². The van der Waals surface area contributed by atoms with Crippen LogP contribution < -0.4 is 4.90 Å². The SMILES string of the molecule is FC(F)(F)C1c2cc(Br)ccc2CCN1c1ccccc1. The smallest absolute Gasteiger partial charge is 0.356 e. The summed E-state index contributed by atoms with van der Waals surface area (Å²) in [6.45, 7) is 0.364. The van der Waals surface area contributed by atoms with E-state index in [2.05, 4.69) is 15.9 Å². The number of para-hydroxylation sites is 1. The van der Waals surface area contributed by atoms with E-state index in [0.717, 1.165) is 5.56 Å². The monoisotopic (exact) mass is 355 g/mol. The highest BCUT2D eigenvalue weighted by Crippen LogP contribution is 2.44. The number of alkyl halides is 3. The Kier molecular flexibility index (Phi) is 3.69. The first-order valence-electron chi connectivity index (χ1n) is 6.63. The second-order valence-electron chi connectivity index (χ2n) is 5.07. The van der Waals surface area contributed by atoms with Gasteiger partial charge in [-0.2, -0.15) is 13.2 Å². The van der Waals surface area contributed by atoms with Crippen LogP contribution in [0.5, 0.6) is 0 Å². The minimum absolute atomic E-state index is 0.340. The zero-order valence-electron chi connectivity index (χ0n) is 11.1. The van der Waals surface area contributed by atoms with Crippen molar-refractivity contribution < 1.29 is 13.2 Å². The molecular weight excluding hydrogens is 343 g/mol. The first kappa shape index (κ1) is 14.4. The van der Waals surface area contributed by atoms with Gasteiger partial charge in [0.05, 0.1) is 0 Å². The van der Waals surface area contributed by atoms with E-state index in [-0.39, 0.29) is 0 Å². The lowest BCUT2D eigenvalue weighted by Crippen LogP contribution is -2.43. The van der Waals surface area contributed by atoms with Crippen molar-refractivity contribution in [2.75, 3.05) is 11.4 Å². The lowest BCUT2D eigenvalue weighted by Gasteiger charge is -2.40. The van der Waals surface area contributed by atoms with Crippen LogP contribution in [0.3, 0.4) is 0 Å². The van der Waals surface area contributed by atoms with E-state index in [1.54, 1.807) is 48.5 Å². The van der Waals surface area contributed by atoms with Gasteiger partial charge >= 0.3 is 6.18 Å². The molecular formula is C16H13BrF3N. The Balaban J connectivity index is 2.11. The summed E-state index contributed by atoms with van der Waals surface area (Å²) in [4.78, 5) is 1.44. The molecule has 1 heterocycles. The van der Waals surface area contributed by atoms with Gasteiger partial charge in [-0.05, 0) is 41.8 Å². The molecule has 1 aliphatic rings. The van der Waals surface area contributed by atoms with Crippen molar-refractivity contribution in [3.63, 3.8) is 0 Å². The number of fused-ring (bicyclic) bond motifs is 1. The topological polar surface area (TPSA) is 3.24 Å². The summed E-state index contributed by atoms with van der Waals surface area (Å²) in [5.41, 5.74) is 1.71. The molecule has 0 amide bonds. The molecule has 0 saturated carbocycles. The fraction of sp³-hybridized carbons (Fsp3) is 0.250. The fourth-order valence-electron chi connectivity index (χ4n) is 2.84. The van der Waals surface area contributed by atoms with E-state index in [4.69, 9.17) is 0 Å².